The molecule has 27 heavy (non-hydrogen) atoms. The van der Waals surface area contributed by atoms with Crippen LogP contribution < -0.4 is 4.74 Å². The lowest BCUT2D eigenvalue weighted by atomic mass is 10.0. The number of amides is 1. The van der Waals surface area contributed by atoms with E-state index in [0.29, 0.717) is 23.6 Å². The molecule has 1 N–H and O–H groups in total. The van der Waals surface area contributed by atoms with Gasteiger partial charge in [0.2, 0.25) is 0 Å². The monoisotopic (exact) mass is 366 g/mol. The molecule has 3 aromatic rings. The van der Waals surface area contributed by atoms with Gasteiger partial charge in [-0.3, -0.25) is 9.89 Å². The van der Waals surface area contributed by atoms with Crippen LogP contribution in [-0.4, -0.2) is 39.8 Å². The van der Waals surface area contributed by atoms with Crippen molar-refractivity contribution in [2.45, 2.75) is 32.7 Å². The van der Waals surface area contributed by atoms with E-state index in [1.165, 1.54) is 0 Å². The summed E-state index contributed by atoms with van der Waals surface area (Å²) >= 11 is 0. The summed E-state index contributed by atoms with van der Waals surface area (Å²) in [6, 6.07) is 7.42. The summed E-state index contributed by atoms with van der Waals surface area (Å²) in [5.41, 5.74) is 4.06. The highest BCUT2D eigenvalue weighted by atomic mass is 16.5. The number of H-pyrrole nitrogens is 1. The van der Waals surface area contributed by atoms with Gasteiger partial charge >= 0.3 is 0 Å². The third-order valence-corrected chi connectivity index (χ3v) is 5.06. The zero-order chi connectivity index (χ0) is 19.0. The smallest absolute Gasteiger partial charge is 0.258 e. The maximum absolute atomic E-state index is 13.3. The molecule has 4 rings (SSSR count). The summed E-state index contributed by atoms with van der Waals surface area (Å²) in [6.45, 7) is 4.51. The van der Waals surface area contributed by atoms with E-state index >= 15 is 0 Å². The van der Waals surface area contributed by atoms with E-state index in [1.807, 2.05) is 43.0 Å². The lowest BCUT2D eigenvalue weighted by molar-refractivity contribution is 0.0729. The van der Waals surface area contributed by atoms with Crippen LogP contribution in [0.5, 0.6) is 5.75 Å². The highest BCUT2D eigenvalue weighted by molar-refractivity contribution is 5.97. The van der Waals surface area contributed by atoms with E-state index in [-0.39, 0.29) is 11.9 Å². The molecular formula is C20H22N4O3. The minimum atomic E-state index is -0.0920. The van der Waals surface area contributed by atoms with Gasteiger partial charge in [0.05, 0.1) is 41.9 Å². The normalized spacial score (nSPS) is 16.7. The predicted octanol–water partition coefficient (Wildman–Crippen LogP) is 3.67. The molecule has 0 bridgehead atoms. The number of hydrogen-bond acceptors (Lipinski definition) is 5. The number of carbonyl (C=O) groups is 1. The molecule has 0 aliphatic carbocycles. The van der Waals surface area contributed by atoms with Gasteiger partial charge in [0.1, 0.15) is 5.75 Å². The predicted molar refractivity (Wildman–Crippen MR) is 99.6 cm³/mol. The summed E-state index contributed by atoms with van der Waals surface area (Å²) in [6.07, 6.45) is 3.52. The molecule has 1 atom stereocenters. The van der Waals surface area contributed by atoms with Gasteiger partial charge in [0.15, 0.2) is 5.76 Å². The molecule has 140 valence electrons. The van der Waals surface area contributed by atoms with Gasteiger partial charge in [0, 0.05) is 12.6 Å². The molecular weight excluding hydrogens is 344 g/mol. The average molecular weight is 366 g/mol. The maximum atomic E-state index is 13.3. The number of carbonyl (C=O) groups excluding carboxylic acids is 1. The van der Waals surface area contributed by atoms with Crippen molar-refractivity contribution in [3.05, 3.63) is 53.0 Å². The molecule has 0 saturated carbocycles. The van der Waals surface area contributed by atoms with Crippen LogP contribution in [0.4, 0.5) is 0 Å². The maximum Gasteiger partial charge on any atom is 0.258 e. The minimum Gasteiger partial charge on any atom is -0.496 e. The summed E-state index contributed by atoms with van der Waals surface area (Å²) in [5, 5.41) is 11.2. The zero-order valence-electron chi connectivity index (χ0n) is 15.7. The Morgan fingerprint density at radius 1 is 1.37 bits per heavy atom. The number of benzene rings is 1. The molecule has 1 amide bonds. The number of aromatic nitrogens is 3. The van der Waals surface area contributed by atoms with Crippen LogP contribution in [0, 0.1) is 13.8 Å². The van der Waals surface area contributed by atoms with Gasteiger partial charge in [0.25, 0.3) is 5.91 Å². The number of rotatable bonds is 4. The van der Waals surface area contributed by atoms with Gasteiger partial charge in [-0.25, -0.2) is 0 Å². The largest absolute Gasteiger partial charge is 0.496 e. The average Bonchev–Trinajstić information content (AvgIpc) is 3.40. The van der Waals surface area contributed by atoms with E-state index in [9.17, 15) is 4.79 Å². The second kappa shape index (κ2) is 6.90. The van der Waals surface area contributed by atoms with Gasteiger partial charge in [-0.2, -0.15) is 5.10 Å². The molecule has 1 aliphatic rings. The number of hydrogen-bond donors (Lipinski definition) is 1. The topological polar surface area (TPSA) is 84.2 Å². The molecule has 7 nitrogen and oxygen atoms in total. The Balaban J connectivity index is 1.69. The van der Waals surface area contributed by atoms with Crippen molar-refractivity contribution >= 4 is 5.91 Å². The number of para-hydroxylation sites is 1. The molecule has 1 unspecified atom stereocenters. The third-order valence-electron chi connectivity index (χ3n) is 5.06. The Hall–Kier alpha value is -3.09. The van der Waals surface area contributed by atoms with Crippen molar-refractivity contribution in [1.82, 2.24) is 20.3 Å². The van der Waals surface area contributed by atoms with Crippen LogP contribution in [0.3, 0.4) is 0 Å². The third kappa shape index (κ3) is 2.99. The Morgan fingerprint density at radius 2 is 2.22 bits per heavy atom. The van der Waals surface area contributed by atoms with E-state index < -0.39 is 0 Å². The first kappa shape index (κ1) is 17.3. The SMILES string of the molecule is COc1c(C)cccc1C(=O)N1CCCC1c1[nH]ncc1-c1cc(C)no1. The Bertz CT molecular complexity index is 975. The fraction of sp³-hybridized carbons (Fsp3) is 0.350. The quantitative estimate of drug-likeness (QED) is 0.762. The van der Waals surface area contributed by atoms with Crippen molar-refractivity contribution in [2.24, 2.45) is 0 Å². The molecule has 0 radical (unpaired) electrons. The van der Waals surface area contributed by atoms with E-state index in [2.05, 4.69) is 15.4 Å². The van der Waals surface area contributed by atoms with Crippen molar-refractivity contribution in [3.63, 3.8) is 0 Å². The number of methoxy groups -OCH3 is 1. The van der Waals surface area contributed by atoms with Crippen molar-refractivity contribution in [3.8, 4) is 17.1 Å². The molecule has 3 heterocycles. The lowest BCUT2D eigenvalue weighted by Gasteiger charge is -2.25. The number of nitrogens with one attached hydrogen (secondary N) is 1. The van der Waals surface area contributed by atoms with Crippen molar-refractivity contribution < 1.29 is 14.1 Å². The van der Waals surface area contributed by atoms with Crippen molar-refractivity contribution in [2.75, 3.05) is 13.7 Å². The first-order valence-corrected chi connectivity index (χ1v) is 9.01. The van der Waals surface area contributed by atoms with E-state index in [4.69, 9.17) is 9.26 Å². The number of nitrogens with zero attached hydrogens (tertiary/aromatic N) is 3. The number of aromatic amines is 1. The fourth-order valence-corrected chi connectivity index (χ4v) is 3.79. The van der Waals surface area contributed by atoms with Gasteiger partial charge < -0.3 is 14.2 Å². The van der Waals surface area contributed by atoms with Crippen LogP contribution >= 0.6 is 0 Å². The van der Waals surface area contributed by atoms with Gasteiger partial charge in [-0.15, -0.1) is 0 Å². The summed E-state index contributed by atoms with van der Waals surface area (Å²) in [4.78, 5) is 15.2. The van der Waals surface area contributed by atoms with Crippen LogP contribution in [0.15, 0.2) is 35.0 Å². The van der Waals surface area contributed by atoms with Crippen LogP contribution in [0.1, 0.15) is 46.2 Å². The zero-order valence-corrected chi connectivity index (χ0v) is 15.7. The van der Waals surface area contributed by atoms with Gasteiger partial charge in [-0.05, 0) is 38.3 Å². The molecule has 1 aliphatic heterocycles. The lowest BCUT2D eigenvalue weighted by Crippen LogP contribution is -2.31. The summed E-state index contributed by atoms with van der Waals surface area (Å²) < 4.78 is 10.9. The Kier molecular flexibility index (Phi) is 4.43. The van der Waals surface area contributed by atoms with Crippen molar-refractivity contribution in [1.29, 1.82) is 0 Å². The van der Waals surface area contributed by atoms with Gasteiger partial charge in [-0.1, -0.05) is 17.3 Å². The molecule has 7 heteroatoms. The Morgan fingerprint density at radius 3 is 2.96 bits per heavy atom. The minimum absolute atomic E-state index is 0.0349. The Labute approximate surface area is 157 Å². The molecule has 2 aromatic heterocycles. The molecule has 1 aromatic carbocycles. The van der Waals surface area contributed by atoms with Crippen LogP contribution in [0.2, 0.25) is 0 Å². The first-order valence-electron chi connectivity index (χ1n) is 9.01. The highest BCUT2D eigenvalue weighted by Gasteiger charge is 2.35. The first-order chi connectivity index (χ1) is 13.1. The molecule has 1 fully saturated rings. The van der Waals surface area contributed by atoms with Crippen LogP contribution in [0.25, 0.3) is 11.3 Å². The molecule has 1 saturated heterocycles. The second-order valence-corrected chi connectivity index (χ2v) is 6.84. The standard InChI is InChI=1S/C20H22N4O3/c1-12-6-4-7-14(19(12)26-3)20(25)24-9-5-8-16(24)18-15(11-21-22-18)17-10-13(2)23-27-17/h4,6-7,10-11,16H,5,8-9H2,1-3H3,(H,21,22). The van der Waals surface area contributed by atoms with E-state index in [0.717, 1.165) is 35.4 Å². The number of aryl methyl sites for hydroxylation is 2. The summed E-state index contributed by atoms with van der Waals surface area (Å²) in [7, 11) is 1.60. The van der Waals surface area contributed by atoms with Crippen LogP contribution in [-0.2, 0) is 0 Å². The number of ether oxygens (including phenoxy) is 1. The number of likely N-dealkylation sites (tertiary alicyclic amines) is 1. The highest BCUT2D eigenvalue weighted by Crippen LogP contribution is 2.38. The fourth-order valence-electron chi connectivity index (χ4n) is 3.79. The second-order valence-electron chi connectivity index (χ2n) is 6.84. The van der Waals surface area contributed by atoms with E-state index in [1.54, 1.807) is 13.3 Å². The molecule has 0 spiro atoms. The summed E-state index contributed by atoms with van der Waals surface area (Å²) in [5.74, 6) is 1.25.